The van der Waals surface area contributed by atoms with Crippen LogP contribution in [-0.4, -0.2) is 22.2 Å². The molecule has 0 bridgehead atoms. The van der Waals surface area contributed by atoms with Gasteiger partial charge in [0.2, 0.25) is 0 Å². The molecule has 0 radical (unpaired) electrons. The maximum atomic E-state index is 12.2. The zero-order valence-corrected chi connectivity index (χ0v) is 23.9. The van der Waals surface area contributed by atoms with Crippen molar-refractivity contribution in [2.24, 2.45) is 5.41 Å². The highest BCUT2D eigenvalue weighted by Gasteiger charge is 2.45. The van der Waals surface area contributed by atoms with Crippen LogP contribution in [0.1, 0.15) is 84.6 Å². The minimum Gasteiger partial charge on any atom is -0.480 e. The molecule has 0 aliphatic heterocycles. The summed E-state index contributed by atoms with van der Waals surface area (Å²) in [6.45, 7) is 8.28. The lowest BCUT2D eigenvalue weighted by atomic mass is 9.78. The zero-order chi connectivity index (χ0) is 28.7. The van der Waals surface area contributed by atoms with Gasteiger partial charge in [0.1, 0.15) is 11.5 Å². The first-order valence-electron chi connectivity index (χ1n) is 13.9. The number of rotatable bonds is 17. The van der Waals surface area contributed by atoms with E-state index >= 15 is 0 Å². The third kappa shape index (κ3) is 11.0. The molecule has 0 unspecified atom stereocenters. The van der Waals surface area contributed by atoms with Crippen LogP contribution in [0, 0.1) is 5.41 Å². The lowest BCUT2D eigenvalue weighted by molar-refractivity contribution is -0.165. The average molecular weight is 533 g/mol. The molecule has 0 aliphatic rings. The minimum atomic E-state index is -1.82. The predicted octanol–water partition coefficient (Wildman–Crippen LogP) is 9.16. The van der Waals surface area contributed by atoms with E-state index in [4.69, 9.17) is 4.74 Å². The number of hydrogen-bond donors (Lipinski definition) is 2. The molecule has 0 aliphatic carbocycles. The Balaban J connectivity index is 1.95. The number of aryl methyl sites for hydroxylation is 1. The maximum absolute atomic E-state index is 12.2. The van der Waals surface area contributed by atoms with E-state index in [1.165, 1.54) is 11.1 Å². The van der Waals surface area contributed by atoms with Crippen LogP contribution in [-0.2, 0) is 16.0 Å². The largest absolute Gasteiger partial charge is 0.480 e. The fraction of sp³-hybridized carbons (Fsp3) is 0.412. The second-order valence-corrected chi connectivity index (χ2v) is 10.6. The summed E-state index contributed by atoms with van der Waals surface area (Å²) in [4.78, 5) is 24.4. The Morgan fingerprint density at radius 2 is 1.36 bits per heavy atom. The van der Waals surface area contributed by atoms with Gasteiger partial charge in [-0.2, -0.15) is 0 Å². The Labute approximate surface area is 233 Å². The van der Waals surface area contributed by atoms with Gasteiger partial charge in [0.05, 0.1) is 0 Å². The van der Waals surface area contributed by atoms with Crippen LogP contribution in [0.3, 0.4) is 0 Å². The summed E-state index contributed by atoms with van der Waals surface area (Å²) in [6, 6.07) is 17.3. The van der Waals surface area contributed by atoms with Crippen LogP contribution in [0.15, 0.2) is 89.5 Å². The van der Waals surface area contributed by atoms with Crippen molar-refractivity contribution in [2.75, 3.05) is 0 Å². The van der Waals surface area contributed by atoms with Crippen molar-refractivity contribution in [3.63, 3.8) is 0 Å². The number of ether oxygens (including phenoxy) is 1. The van der Waals surface area contributed by atoms with Crippen molar-refractivity contribution >= 4 is 11.9 Å². The van der Waals surface area contributed by atoms with Crippen molar-refractivity contribution < 1.29 is 24.5 Å². The molecular weight excluding hydrogens is 488 g/mol. The Bertz CT molecular complexity index is 1140. The summed E-state index contributed by atoms with van der Waals surface area (Å²) in [5, 5.41) is 19.9. The minimum absolute atomic E-state index is 0.0134. The zero-order valence-electron chi connectivity index (χ0n) is 23.9. The normalized spacial score (nSPS) is 12.2. The van der Waals surface area contributed by atoms with Crippen LogP contribution < -0.4 is 4.74 Å². The average Bonchev–Trinajstić information content (AvgIpc) is 2.89. The Kier molecular flexibility index (Phi) is 13.3. The molecule has 39 heavy (non-hydrogen) atoms. The smallest absolute Gasteiger partial charge is 0.321 e. The lowest BCUT2D eigenvalue weighted by Crippen LogP contribution is -2.39. The summed E-state index contributed by atoms with van der Waals surface area (Å²) >= 11 is 0. The van der Waals surface area contributed by atoms with Crippen LogP contribution in [0.25, 0.3) is 0 Å². The molecule has 5 nitrogen and oxygen atoms in total. The van der Waals surface area contributed by atoms with Gasteiger partial charge in [-0.3, -0.25) is 9.59 Å². The molecule has 0 fully saturated rings. The van der Waals surface area contributed by atoms with E-state index in [2.05, 4.69) is 32.9 Å². The molecule has 0 atom stereocenters. The van der Waals surface area contributed by atoms with E-state index in [1.54, 1.807) is 6.08 Å². The van der Waals surface area contributed by atoms with Gasteiger partial charge in [-0.1, -0.05) is 77.8 Å². The number of unbranched alkanes of at least 4 members (excludes halogenated alkanes) is 1. The molecule has 0 amide bonds. The molecular formula is C34H44O5. The second-order valence-electron chi connectivity index (χ2n) is 10.6. The molecule has 0 heterocycles. The predicted molar refractivity (Wildman–Crippen MR) is 158 cm³/mol. The van der Waals surface area contributed by atoms with Crippen LogP contribution in [0.2, 0.25) is 0 Å². The maximum Gasteiger partial charge on any atom is 0.321 e. The van der Waals surface area contributed by atoms with Gasteiger partial charge in [-0.05, 0) is 103 Å². The Hall–Kier alpha value is -3.60. The number of para-hydroxylation sites is 2. The topological polar surface area (TPSA) is 83.8 Å². The fourth-order valence-electron chi connectivity index (χ4n) is 4.44. The quantitative estimate of drug-likeness (QED) is 0.121. The second kappa shape index (κ2) is 16.4. The van der Waals surface area contributed by atoms with Gasteiger partial charge >= 0.3 is 11.9 Å². The highest BCUT2D eigenvalue weighted by atomic mass is 16.5. The van der Waals surface area contributed by atoms with Crippen molar-refractivity contribution in [2.45, 2.75) is 85.5 Å². The Morgan fingerprint density at radius 3 is 2.00 bits per heavy atom. The van der Waals surface area contributed by atoms with Gasteiger partial charge in [-0.25, -0.2) is 0 Å². The highest BCUT2D eigenvalue weighted by molar-refractivity contribution is 5.98. The van der Waals surface area contributed by atoms with E-state index in [9.17, 15) is 19.8 Å². The van der Waals surface area contributed by atoms with E-state index in [1.807, 2.05) is 61.5 Å². The van der Waals surface area contributed by atoms with Gasteiger partial charge in [0.25, 0.3) is 0 Å². The third-order valence-electron chi connectivity index (χ3n) is 6.98. The molecule has 0 aromatic heterocycles. The summed E-state index contributed by atoms with van der Waals surface area (Å²) in [5.74, 6) is -1.05. The van der Waals surface area contributed by atoms with Crippen molar-refractivity contribution in [3.05, 3.63) is 95.1 Å². The van der Waals surface area contributed by atoms with Crippen molar-refractivity contribution in [3.8, 4) is 11.5 Å². The van der Waals surface area contributed by atoms with Gasteiger partial charge in [-0.15, -0.1) is 0 Å². The van der Waals surface area contributed by atoms with Gasteiger partial charge in [0, 0.05) is 0 Å². The lowest BCUT2D eigenvalue weighted by Gasteiger charge is -2.24. The number of carbonyl (C=O) groups is 2. The van der Waals surface area contributed by atoms with E-state index in [0.29, 0.717) is 19.3 Å². The molecule has 5 heteroatoms. The van der Waals surface area contributed by atoms with Crippen LogP contribution in [0.4, 0.5) is 0 Å². The monoisotopic (exact) mass is 532 g/mol. The molecule has 2 aromatic carbocycles. The summed E-state index contributed by atoms with van der Waals surface area (Å²) in [6.07, 6.45) is 11.8. The highest BCUT2D eigenvalue weighted by Crippen LogP contribution is 2.33. The first-order valence-corrected chi connectivity index (χ1v) is 13.9. The number of aliphatic carboxylic acids is 2. The molecule has 0 saturated heterocycles. The number of hydrogen-bond acceptors (Lipinski definition) is 3. The number of carboxylic acids is 2. The third-order valence-corrected chi connectivity index (χ3v) is 6.98. The summed E-state index contributed by atoms with van der Waals surface area (Å²) in [5.41, 5.74) is 2.86. The molecule has 210 valence electrons. The molecule has 2 aromatic rings. The van der Waals surface area contributed by atoms with Gasteiger partial charge < -0.3 is 14.9 Å². The molecule has 2 N–H and O–H groups in total. The molecule has 0 saturated carbocycles. The fourth-order valence-corrected chi connectivity index (χ4v) is 4.44. The van der Waals surface area contributed by atoms with E-state index in [0.717, 1.165) is 48.3 Å². The van der Waals surface area contributed by atoms with E-state index in [-0.39, 0.29) is 12.8 Å². The number of carboxylic acid groups (broad SMARTS) is 2. The van der Waals surface area contributed by atoms with Crippen LogP contribution >= 0.6 is 0 Å². The van der Waals surface area contributed by atoms with Crippen molar-refractivity contribution in [1.29, 1.82) is 0 Å². The van der Waals surface area contributed by atoms with Crippen molar-refractivity contribution in [1.82, 2.24) is 0 Å². The molecule has 0 spiro atoms. The standard InChI is InChI=1S/C34H44O5/c1-26(2)14-12-15-27(3)16-13-17-28(4)23-25-34(32(35)36,33(37)38)24-11-10-19-29-18-8-9-22-31(29)39-30-20-6-5-7-21-30/h5-9,14,16,18,20-23H,10-13,15,17,19,24-25H2,1-4H3,(H,35,36)(H,37,38). The van der Waals surface area contributed by atoms with E-state index < -0.39 is 17.4 Å². The SMILES string of the molecule is CC(C)=CCCC(C)=CCCC(C)=CCC(CCCCc1ccccc1Oc1ccccc1)(C(=O)O)C(=O)O. The number of benzene rings is 2. The first kappa shape index (κ1) is 31.6. The van der Waals surface area contributed by atoms with Crippen LogP contribution in [0.5, 0.6) is 11.5 Å². The molecule has 2 rings (SSSR count). The Morgan fingerprint density at radius 1 is 0.769 bits per heavy atom. The summed E-state index contributed by atoms with van der Waals surface area (Å²) in [7, 11) is 0. The number of allylic oxidation sites excluding steroid dienone is 6. The summed E-state index contributed by atoms with van der Waals surface area (Å²) < 4.78 is 6.02. The van der Waals surface area contributed by atoms with Gasteiger partial charge in [0.15, 0.2) is 5.41 Å². The first-order chi connectivity index (χ1) is 18.6.